The van der Waals surface area contributed by atoms with Crippen LogP contribution in [0.1, 0.15) is 127 Å². The van der Waals surface area contributed by atoms with Gasteiger partial charge in [0.25, 0.3) is 0 Å². The van der Waals surface area contributed by atoms with Crippen LogP contribution in [0.25, 0.3) is 0 Å². The molecule has 1 aliphatic carbocycles. The molecule has 36 heavy (non-hydrogen) atoms. The van der Waals surface area contributed by atoms with E-state index in [9.17, 15) is 14.4 Å². The van der Waals surface area contributed by atoms with Crippen molar-refractivity contribution < 1.29 is 14.4 Å². The van der Waals surface area contributed by atoms with Gasteiger partial charge in [0, 0.05) is 17.9 Å². The Bertz CT molecular complexity index is 884. The highest BCUT2D eigenvalue weighted by Crippen LogP contribution is 2.38. The normalized spacial score (nSPS) is 17.5. The highest BCUT2D eigenvalue weighted by molar-refractivity contribution is 6.00. The first-order valence-corrected chi connectivity index (χ1v) is 14.6. The number of fused-ring (bicyclic) bond motifs is 1. The van der Waals surface area contributed by atoms with E-state index in [2.05, 4.69) is 60.6 Å². The molecule has 0 aromatic heterocycles. The molecule has 0 fully saturated rings. The average Bonchev–Trinajstić information content (AvgIpc) is 2.74. The second-order valence-electron chi connectivity index (χ2n) is 12.6. The Morgan fingerprint density at radius 3 is 2.17 bits per heavy atom. The summed E-state index contributed by atoms with van der Waals surface area (Å²) in [7, 11) is 0. The van der Waals surface area contributed by atoms with Crippen LogP contribution in [-0.4, -0.2) is 17.3 Å². The van der Waals surface area contributed by atoms with Gasteiger partial charge in [0.2, 0.25) is 0 Å². The Labute approximate surface area is 221 Å². The lowest BCUT2D eigenvalue weighted by atomic mass is 9.70. The minimum Gasteiger partial charge on any atom is -0.300 e. The summed E-state index contributed by atoms with van der Waals surface area (Å²) >= 11 is 0. The lowest BCUT2D eigenvalue weighted by Gasteiger charge is -2.33. The molecule has 1 aromatic carbocycles. The van der Waals surface area contributed by atoms with Gasteiger partial charge in [-0.05, 0) is 98.7 Å². The van der Waals surface area contributed by atoms with Gasteiger partial charge in [-0.15, -0.1) is 0 Å². The fourth-order valence-electron chi connectivity index (χ4n) is 6.90. The van der Waals surface area contributed by atoms with Crippen LogP contribution in [0.4, 0.5) is 0 Å². The Hall–Kier alpha value is -1.77. The van der Waals surface area contributed by atoms with E-state index in [1.165, 1.54) is 30.9 Å². The molecule has 0 spiro atoms. The van der Waals surface area contributed by atoms with Crippen LogP contribution in [-0.2, 0) is 22.4 Å². The summed E-state index contributed by atoms with van der Waals surface area (Å²) in [5, 5.41) is 0. The van der Waals surface area contributed by atoms with Gasteiger partial charge in [-0.3, -0.25) is 14.4 Å². The van der Waals surface area contributed by atoms with Crippen LogP contribution < -0.4 is 0 Å². The zero-order valence-electron chi connectivity index (χ0n) is 24.4. The van der Waals surface area contributed by atoms with Crippen molar-refractivity contribution >= 4 is 17.3 Å². The van der Waals surface area contributed by atoms with Gasteiger partial charge in [0.1, 0.15) is 11.6 Å². The fourth-order valence-corrected chi connectivity index (χ4v) is 6.90. The van der Waals surface area contributed by atoms with Crippen LogP contribution in [0.15, 0.2) is 12.1 Å². The molecule has 202 valence electrons. The second kappa shape index (κ2) is 14.2. The van der Waals surface area contributed by atoms with Crippen LogP contribution in [0.3, 0.4) is 0 Å². The zero-order valence-corrected chi connectivity index (χ0v) is 24.4. The van der Waals surface area contributed by atoms with Crippen molar-refractivity contribution in [1.82, 2.24) is 0 Å². The number of benzene rings is 1. The van der Waals surface area contributed by atoms with Crippen molar-refractivity contribution in [2.24, 2.45) is 35.5 Å². The second-order valence-corrected chi connectivity index (χ2v) is 12.6. The first kappa shape index (κ1) is 30.5. The SMILES string of the molecule is CCCC(CC1CC(=O)c2c(C)ccc(CC(CC(C)C)CC(C)C)c2C1)C(CC)C(=O)CC(C)=O. The van der Waals surface area contributed by atoms with Crippen LogP contribution >= 0.6 is 0 Å². The first-order chi connectivity index (χ1) is 17.0. The van der Waals surface area contributed by atoms with Gasteiger partial charge in [-0.25, -0.2) is 0 Å². The molecule has 0 saturated heterocycles. The molecule has 0 amide bonds. The summed E-state index contributed by atoms with van der Waals surface area (Å²) in [5.41, 5.74) is 4.73. The summed E-state index contributed by atoms with van der Waals surface area (Å²) in [6, 6.07) is 4.44. The van der Waals surface area contributed by atoms with Crippen molar-refractivity contribution in [2.75, 3.05) is 0 Å². The molecule has 3 atom stereocenters. The van der Waals surface area contributed by atoms with Gasteiger partial charge in [0.15, 0.2) is 5.78 Å². The first-order valence-electron chi connectivity index (χ1n) is 14.6. The van der Waals surface area contributed by atoms with E-state index < -0.39 is 0 Å². The third-order valence-electron chi connectivity index (χ3n) is 8.12. The number of hydrogen-bond acceptors (Lipinski definition) is 3. The molecule has 2 rings (SSSR count). The number of rotatable bonds is 15. The number of ketones is 3. The molecular weight excluding hydrogens is 444 g/mol. The molecular formula is C33H52O3. The van der Waals surface area contributed by atoms with E-state index in [4.69, 9.17) is 0 Å². The zero-order chi connectivity index (χ0) is 27.0. The van der Waals surface area contributed by atoms with Crippen molar-refractivity contribution in [1.29, 1.82) is 0 Å². The van der Waals surface area contributed by atoms with E-state index in [0.717, 1.165) is 49.7 Å². The molecule has 0 radical (unpaired) electrons. The maximum absolute atomic E-state index is 13.5. The predicted octanol–water partition coefficient (Wildman–Crippen LogP) is 8.37. The van der Waals surface area contributed by atoms with E-state index in [-0.39, 0.29) is 41.5 Å². The number of hydrogen-bond donors (Lipinski definition) is 0. The predicted molar refractivity (Wildman–Crippen MR) is 151 cm³/mol. The largest absolute Gasteiger partial charge is 0.300 e. The van der Waals surface area contributed by atoms with Crippen molar-refractivity contribution in [2.45, 2.75) is 120 Å². The fraction of sp³-hybridized carbons (Fsp3) is 0.727. The number of carbonyl (C=O) groups excluding carboxylic acids is 3. The topological polar surface area (TPSA) is 51.2 Å². The van der Waals surface area contributed by atoms with Crippen LogP contribution in [0, 0.1) is 42.4 Å². The molecule has 3 unspecified atom stereocenters. The molecule has 3 heteroatoms. The third-order valence-corrected chi connectivity index (χ3v) is 8.12. The Balaban J connectivity index is 2.33. The van der Waals surface area contributed by atoms with Gasteiger partial charge >= 0.3 is 0 Å². The van der Waals surface area contributed by atoms with E-state index >= 15 is 0 Å². The standard InChI is InChI=1S/C33H52O3/c1-9-11-27(29(10-2)31(35)16-24(8)34)18-26-19-30-28(13-12-23(7)33(30)32(36)20-26)17-25(14-21(3)4)15-22(5)6/h12-13,21-22,25-27,29H,9-11,14-20H2,1-8H3. The highest BCUT2D eigenvalue weighted by Gasteiger charge is 2.34. The molecule has 1 aromatic rings. The number of Topliss-reactive ketones (excluding diaryl/α,β-unsaturated/α-hetero) is 3. The molecule has 0 N–H and O–H groups in total. The van der Waals surface area contributed by atoms with Crippen molar-refractivity contribution in [3.05, 3.63) is 34.4 Å². The summed E-state index contributed by atoms with van der Waals surface area (Å²) < 4.78 is 0. The Morgan fingerprint density at radius 2 is 1.64 bits per heavy atom. The third kappa shape index (κ3) is 8.67. The van der Waals surface area contributed by atoms with Gasteiger partial charge in [-0.1, -0.05) is 66.5 Å². The summed E-state index contributed by atoms with van der Waals surface area (Å²) in [6.07, 6.45) is 8.70. The minimum atomic E-state index is -0.0798. The number of aryl methyl sites for hydroxylation is 1. The minimum absolute atomic E-state index is 0.0432. The van der Waals surface area contributed by atoms with E-state index in [0.29, 0.717) is 24.2 Å². The molecule has 0 heterocycles. The smallest absolute Gasteiger partial charge is 0.163 e. The molecule has 0 bridgehead atoms. The maximum Gasteiger partial charge on any atom is 0.163 e. The van der Waals surface area contributed by atoms with E-state index in [1.807, 2.05) is 0 Å². The summed E-state index contributed by atoms with van der Waals surface area (Å²) in [5.74, 6) is 2.72. The van der Waals surface area contributed by atoms with Gasteiger partial charge < -0.3 is 0 Å². The molecule has 3 nitrogen and oxygen atoms in total. The quantitative estimate of drug-likeness (QED) is 0.229. The Morgan fingerprint density at radius 1 is 1.00 bits per heavy atom. The summed E-state index contributed by atoms with van der Waals surface area (Å²) in [6.45, 7) is 17.1. The van der Waals surface area contributed by atoms with Crippen molar-refractivity contribution in [3.8, 4) is 0 Å². The van der Waals surface area contributed by atoms with E-state index in [1.54, 1.807) is 0 Å². The van der Waals surface area contributed by atoms with Crippen molar-refractivity contribution in [3.63, 3.8) is 0 Å². The highest BCUT2D eigenvalue weighted by atomic mass is 16.1. The van der Waals surface area contributed by atoms with Gasteiger partial charge in [-0.2, -0.15) is 0 Å². The lowest BCUT2D eigenvalue weighted by molar-refractivity contribution is -0.129. The summed E-state index contributed by atoms with van der Waals surface area (Å²) in [4.78, 5) is 38.0. The van der Waals surface area contributed by atoms with Crippen LogP contribution in [0.2, 0.25) is 0 Å². The monoisotopic (exact) mass is 496 g/mol. The molecule has 0 aliphatic heterocycles. The average molecular weight is 497 g/mol. The molecule has 1 aliphatic rings. The maximum atomic E-state index is 13.5. The number of carbonyl (C=O) groups is 3. The van der Waals surface area contributed by atoms with Gasteiger partial charge in [0.05, 0.1) is 6.42 Å². The molecule has 0 saturated carbocycles. The Kier molecular flexibility index (Phi) is 12.0. The lowest BCUT2D eigenvalue weighted by Crippen LogP contribution is -2.30. The van der Waals surface area contributed by atoms with Crippen LogP contribution in [0.5, 0.6) is 0 Å².